The van der Waals surface area contributed by atoms with Gasteiger partial charge in [0, 0.05) is 29.4 Å². The number of esters is 1. The van der Waals surface area contributed by atoms with Gasteiger partial charge in [0.15, 0.2) is 11.4 Å². The van der Waals surface area contributed by atoms with Crippen molar-refractivity contribution < 1.29 is 14.3 Å². The van der Waals surface area contributed by atoms with Gasteiger partial charge < -0.3 is 9.47 Å². The van der Waals surface area contributed by atoms with E-state index in [1.165, 1.54) is 7.11 Å². The highest BCUT2D eigenvalue weighted by Crippen LogP contribution is 2.28. The van der Waals surface area contributed by atoms with Gasteiger partial charge in [-0.25, -0.2) is 9.78 Å². The van der Waals surface area contributed by atoms with Crippen molar-refractivity contribution in [2.75, 3.05) is 7.11 Å². The third kappa shape index (κ3) is 2.74. The van der Waals surface area contributed by atoms with Gasteiger partial charge in [0.2, 0.25) is 0 Å². The fourth-order valence-electron chi connectivity index (χ4n) is 2.15. The minimum atomic E-state index is -0.534. The molecule has 1 aromatic carbocycles. The molecule has 0 amide bonds. The highest BCUT2D eigenvalue weighted by molar-refractivity contribution is 5.98. The van der Waals surface area contributed by atoms with Crippen molar-refractivity contribution in [1.82, 2.24) is 9.97 Å². The van der Waals surface area contributed by atoms with E-state index < -0.39 is 5.97 Å². The number of nitrogens with zero attached hydrogens (tertiary/aromatic N) is 2. The molecule has 0 unspecified atom stereocenters. The molecule has 0 fully saturated rings. The quantitative estimate of drug-likeness (QED) is 0.692. The van der Waals surface area contributed by atoms with E-state index in [0.717, 1.165) is 16.3 Å². The molecule has 0 radical (unpaired) electrons. The summed E-state index contributed by atoms with van der Waals surface area (Å²) in [6, 6.07) is 11.5. The molecule has 0 saturated heterocycles. The Labute approximate surface area is 127 Å². The van der Waals surface area contributed by atoms with Gasteiger partial charge >= 0.3 is 5.97 Å². The summed E-state index contributed by atoms with van der Waals surface area (Å²) in [7, 11) is 1.32. The Bertz CT molecular complexity index is 803. The molecule has 0 aliphatic heterocycles. The zero-order valence-electron chi connectivity index (χ0n) is 12.0. The first-order valence-electron chi connectivity index (χ1n) is 6.77. The Hall–Kier alpha value is -2.95. The summed E-state index contributed by atoms with van der Waals surface area (Å²) in [5.41, 5.74) is 1.15. The molecule has 3 rings (SSSR count). The summed E-state index contributed by atoms with van der Waals surface area (Å²) in [4.78, 5) is 20.2. The molecule has 0 atom stereocenters. The van der Waals surface area contributed by atoms with E-state index in [9.17, 15) is 4.79 Å². The molecule has 3 aromatic rings. The topological polar surface area (TPSA) is 61.3 Å². The lowest BCUT2D eigenvalue weighted by Gasteiger charge is -2.12. The zero-order valence-corrected chi connectivity index (χ0v) is 12.0. The van der Waals surface area contributed by atoms with Crippen LogP contribution in [0.5, 0.6) is 5.75 Å². The second-order valence-electron chi connectivity index (χ2n) is 4.66. The van der Waals surface area contributed by atoms with Crippen molar-refractivity contribution in [2.45, 2.75) is 6.61 Å². The largest absolute Gasteiger partial charge is 0.486 e. The molecule has 0 aliphatic carbocycles. The Kier molecular flexibility index (Phi) is 3.96. The van der Waals surface area contributed by atoms with Crippen LogP contribution in [-0.2, 0) is 11.3 Å². The van der Waals surface area contributed by atoms with Crippen molar-refractivity contribution in [3.63, 3.8) is 0 Å². The maximum atomic E-state index is 11.9. The molecule has 22 heavy (non-hydrogen) atoms. The summed E-state index contributed by atoms with van der Waals surface area (Å²) in [6.07, 6.45) is 4.94. The maximum Gasteiger partial charge on any atom is 0.360 e. The standard InChI is InChI=1S/C17H14N2O3/c1-21-17(20)15-16(22-11-12-5-3-2-4-6-12)14-10-18-8-7-13(14)9-19-15/h2-10H,11H2,1H3. The molecule has 0 aliphatic rings. The number of hydrogen-bond acceptors (Lipinski definition) is 5. The molecule has 2 heterocycles. The number of hydrogen-bond donors (Lipinski definition) is 0. The van der Waals surface area contributed by atoms with E-state index in [-0.39, 0.29) is 5.69 Å². The van der Waals surface area contributed by atoms with Crippen LogP contribution in [0.15, 0.2) is 55.0 Å². The van der Waals surface area contributed by atoms with Gasteiger partial charge in [-0.1, -0.05) is 30.3 Å². The van der Waals surface area contributed by atoms with Crippen LogP contribution >= 0.6 is 0 Å². The number of carbonyl (C=O) groups excluding carboxylic acids is 1. The van der Waals surface area contributed by atoms with Crippen molar-refractivity contribution in [2.24, 2.45) is 0 Å². The summed E-state index contributed by atoms with van der Waals surface area (Å²) >= 11 is 0. The summed E-state index contributed by atoms with van der Waals surface area (Å²) in [5, 5.41) is 1.58. The van der Waals surface area contributed by atoms with E-state index in [2.05, 4.69) is 9.97 Å². The lowest BCUT2D eigenvalue weighted by atomic mass is 10.1. The Morgan fingerprint density at radius 3 is 2.73 bits per heavy atom. The van der Waals surface area contributed by atoms with Crippen molar-refractivity contribution in [1.29, 1.82) is 0 Å². The van der Waals surface area contributed by atoms with Crippen molar-refractivity contribution in [3.05, 3.63) is 66.2 Å². The van der Waals surface area contributed by atoms with Crippen molar-refractivity contribution >= 4 is 16.7 Å². The van der Waals surface area contributed by atoms with Gasteiger partial charge in [-0.15, -0.1) is 0 Å². The third-order valence-corrected chi connectivity index (χ3v) is 3.25. The van der Waals surface area contributed by atoms with E-state index in [1.807, 2.05) is 36.4 Å². The molecule has 5 nitrogen and oxygen atoms in total. The van der Waals surface area contributed by atoms with Gasteiger partial charge in [-0.05, 0) is 11.6 Å². The van der Waals surface area contributed by atoms with Crippen LogP contribution in [0.25, 0.3) is 10.8 Å². The molecule has 5 heteroatoms. The number of methoxy groups -OCH3 is 1. The molecule has 0 spiro atoms. The van der Waals surface area contributed by atoms with Crippen LogP contribution in [0.2, 0.25) is 0 Å². The first kappa shape index (κ1) is 14.0. The van der Waals surface area contributed by atoms with Gasteiger partial charge in [0.05, 0.1) is 7.11 Å². The Morgan fingerprint density at radius 2 is 1.95 bits per heavy atom. The number of carbonyl (C=O) groups is 1. The molecule has 0 N–H and O–H groups in total. The van der Waals surface area contributed by atoms with E-state index in [4.69, 9.17) is 9.47 Å². The van der Waals surface area contributed by atoms with Crippen LogP contribution in [0.1, 0.15) is 16.1 Å². The molecule has 0 saturated carbocycles. The second kappa shape index (κ2) is 6.22. The molecule has 110 valence electrons. The fourth-order valence-corrected chi connectivity index (χ4v) is 2.15. The van der Waals surface area contributed by atoms with Crippen LogP contribution in [-0.4, -0.2) is 23.0 Å². The third-order valence-electron chi connectivity index (χ3n) is 3.25. The number of ether oxygens (including phenoxy) is 2. The molecule has 2 aromatic heterocycles. The van der Waals surface area contributed by atoms with Crippen LogP contribution in [0.4, 0.5) is 0 Å². The molecular formula is C17H14N2O3. The van der Waals surface area contributed by atoms with Crippen LogP contribution in [0.3, 0.4) is 0 Å². The zero-order chi connectivity index (χ0) is 15.4. The number of rotatable bonds is 4. The van der Waals surface area contributed by atoms with Crippen LogP contribution < -0.4 is 4.74 Å². The monoisotopic (exact) mass is 294 g/mol. The minimum absolute atomic E-state index is 0.152. The highest BCUT2D eigenvalue weighted by atomic mass is 16.5. The lowest BCUT2D eigenvalue weighted by molar-refractivity contribution is 0.0589. The number of aromatic nitrogens is 2. The molecular weight excluding hydrogens is 280 g/mol. The van der Waals surface area contributed by atoms with E-state index in [1.54, 1.807) is 18.6 Å². The summed E-state index contributed by atoms with van der Waals surface area (Å²) < 4.78 is 10.6. The predicted molar refractivity (Wildman–Crippen MR) is 81.7 cm³/mol. The van der Waals surface area contributed by atoms with E-state index >= 15 is 0 Å². The average Bonchev–Trinajstić information content (AvgIpc) is 2.59. The van der Waals surface area contributed by atoms with Gasteiger partial charge in [-0.3, -0.25) is 4.98 Å². The number of benzene rings is 1. The van der Waals surface area contributed by atoms with E-state index in [0.29, 0.717) is 12.4 Å². The maximum absolute atomic E-state index is 11.9. The average molecular weight is 294 g/mol. The fraction of sp³-hybridized carbons (Fsp3) is 0.118. The first-order valence-corrected chi connectivity index (χ1v) is 6.77. The SMILES string of the molecule is COC(=O)c1ncc2ccncc2c1OCc1ccccc1. The Balaban J connectivity index is 2.02. The minimum Gasteiger partial charge on any atom is -0.486 e. The normalized spacial score (nSPS) is 10.4. The lowest BCUT2D eigenvalue weighted by Crippen LogP contribution is -2.09. The Morgan fingerprint density at radius 1 is 1.14 bits per heavy atom. The second-order valence-corrected chi connectivity index (χ2v) is 4.66. The summed E-state index contributed by atoms with van der Waals surface area (Å²) in [5.74, 6) is -0.143. The highest BCUT2D eigenvalue weighted by Gasteiger charge is 2.18. The van der Waals surface area contributed by atoms with Crippen LogP contribution in [0, 0.1) is 0 Å². The van der Waals surface area contributed by atoms with Gasteiger partial charge in [0.25, 0.3) is 0 Å². The smallest absolute Gasteiger partial charge is 0.360 e. The number of pyridine rings is 2. The number of fused-ring (bicyclic) bond motifs is 1. The summed E-state index contributed by atoms with van der Waals surface area (Å²) in [6.45, 7) is 0.334. The van der Waals surface area contributed by atoms with Crippen molar-refractivity contribution in [3.8, 4) is 5.75 Å². The first-order chi connectivity index (χ1) is 10.8. The van der Waals surface area contributed by atoms with Gasteiger partial charge in [-0.2, -0.15) is 0 Å². The molecule has 0 bridgehead atoms. The predicted octanol–water partition coefficient (Wildman–Crippen LogP) is 3.00. The van der Waals surface area contributed by atoms with Gasteiger partial charge in [0.1, 0.15) is 6.61 Å².